The van der Waals surface area contributed by atoms with Crippen molar-refractivity contribution < 1.29 is 12.9 Å². The first kappa shape index (κ1) is 14.5. The van der Waals surface area contributed by atoms with Crippen molar-refractivity contribution >= 4 is 10.0 Å². The molecule has 19 heavy (non-hydrogen) atoms. The van der Waals surface area contributed by atoms with Crippen LogP contribution in [0.3, 0.4) is 0 Å². The lowest BCUT2D eigenvalue weighted by atomic mass is 10.3. The lowest BCUT2D eigenvalue weighted by molar-refractivity contribution is 0.154. The van der Waals surface area contributed by atoms with Gasteiger partial charge in [-0.2, -0.15) is 4.31 Å². The number of rotatable bonds is 3. The van der Waals surface area contributed by atoms with E-state index >= 15 is 0 Å². The molecule has 0 aliphatic carbocycles. The van der Waals surface area contributed by atoms with Crippen LogP contribution in [-0.4, -0.2) is 55.0 Å². The van der Waals surface area contributed by atoms with Crippen molar-refractivity contribution in [2.24, 2.45) is 0 Å². The Hall–Kier alpha value is -0.920. The zero-order chi connectivity index (χ0) is 14.2. The van der Waals surface area contributed by atoms with Gasteiger partial charge >= 0.3 is 0 Å². The van der Waals surface area contributed by atoms with Crippen LogP contribution in [0.25, 0.3) is 0 Å². The molecule has 7 heteroatoms. The van der Waals surface area contributed by atoms with E-state index in [1.807, 2.05) is 0 Å². The minimum Gasteiger partial charge on any atom is -0.360 e. The highest BCUT2D eigenvalue weighted by molar-refractivity contribution is 7.89. The Bertz CT molecular complexity index is 523. The first-order valence-corrected chi connectivity index (χ1v) is 7.95. The molecule has 1 aliphatic heterocycles. The van der Waals surface area contributed by atoms with Gasteiger partial charge in [0.25, 0.3) is 0 Å². The summed E-state index contributed by atoms with van der Waals surface area (Å²) in [6, 6.07) is 0.448. The average Bonchev–Trinajstić information content (AvgIpc) is 2.69. The van der Waals surface area contributed by atoms with Crippen LogP contribution in [0.1, 0.15) is 25.3 Å². The number of hydrogen-bond donors (Lipinski definition) is 0. The Labute approximate surface area is 114 Å². The predicted octanol–water partition coefficient (Wildman–Crippen LogP) is 1.01. The van der Waals surface area contributed by atoms with Crippen LogP contribution in [0, 0.1) is 13.8 Å². The SMILES string of the molecule is Cc1noc(C)c1S(=O)(=O)N1CCN(C(C)C)CC1. The molecular weight excluding hydrogens is 266 g/mol. The maximum Gasteiger partial charge on any atom is 0.248 e. The molecule has 0 N–H and O–H groups in total. The minimum absolute atomic E-state index is 0.227. The van der Waals surface area contributed by atoms with Crippen LogP contribution in [0.2, 0.25) is 0 Å². The predicted molar refractivity (Wildman–Crippen MR) is 71.4 cm³/mol. The summed E-state index contributed by atoms with van der Waals surface area (Å²) in [4.78, 5) is 2.50. The van der Waals surface area contributed by atoms with Crippen molar-refractivity contribution in [2.45, 2.75) is 38.6 Å². The van der Waals surface area contributed by atoms with Crippen LogP contribution in [-0.2, 0) is 10.0 Å². The van der Waals surface area contributed by atoms with E-state index in [9.17, 15) is 8.42 Å². The van der Waals surface area contributed by atoms with Gasteiger partial charge in [0.2, 0.25) is 10.0 Å². The summed E-state index contributed by atoms with van der Waals surface area (Å²) in [7, 11) is -3.48. The first-order chi connectivity index (χ1) is 8.84. The van der Waals surface area contributed by atoms with E-state index in [-0.39, 0.29) is 4.90 Å². The van der Waals surface area contributed by atoms with Crippen molar-refractivity contribution in [3.05, 3.63) is 11.5 Å². The third kappa shape index (κ3) is 2.68. The molecule has 0 spiro atoms. The van der Waals surface area contributed by atoms with Crippen molar-refractivity contribution in [3.8, 4) is 0 Å². The molecule has 1 aliphatic rings. The molecule has 1 saturated heterocycles. The maximum absolute atomic E-state index is 12.6. The van der Waals surface area contributed by atoms with E-state index < -0.39 is 10.0 Å². The highest BCUT2D eigenvalue weighted by atomic mass is 32.2. The van der Waals surface area contributed by atoms with Gasteiger partial charge in [0, 0.05) is 32.2 Å². The Balaban J connectivity index is 2.19. The van der Waals surface area contributed by atoms with Crippen LogP contribution < -0.4 is 0 Å². The van der Waals surface area contributed by atoms with Crippen molar-refractivity contribution in [2.75, 3.05) is 26.2 Å². The van der Waals surface area contributed by atoms with Crippen LogP contribution in [0.15, 0.2) is 9.42 Å². The molecule has 6 nitrogen and oxygen atoms in total. The fourth-order valence-corrected chi connectivity index (χ4v) is 4.15. The monoisotopic (exact) mass is 287 g/mol. The fourth-order valence-electron chi connectivity index (χ4n) is 2.43. The summed E-state index contributed by atoms with van der Waals surface area (Å²) in [6.07, 6.45) is 0. The van der Waals surface area contributed by atoms with E-state index in [1.54, 1.807) is 13.8 Å². The zero-order valence-electron chi connectivity index (χ0n) is 11.9. The van der Waals surface area contributed by atoms with Gasteiger partial charge in [0.1, 0.15) is 10.6 Å². The Morgan fingerprint density at radius 3 is 2.16 bits per heavy atom. The molecule has 0 saturated carbocycles. The van der Waals surface area contributed by atoms with Gasteiger partial charge in [-0.1, -0.05) is 5.16 Å². The van der Waals surface area contributed by atoms with Crippen LogP contribution in [0.4, 0.5) is 0 Å². The summed E-state index contributed by atoms with van der Waals surface area (Å²) in [6.45, 7) is 10.1. The number of aryl methyl sites for hydroxylation is 2. The standard InChI is InChI=1S/C12H21N3O3S/c1-9(2)14-5-7-15(8-6-14)19(16,17)12-10(3)13-18-11(12)4/h9H,5-8H2,1-4H3. The minimum atomic E-state index is -3.48. The first-order valence-electron chi connectivity index (χ1n) is 6.51. The summed E-state index contributed by atoms with van der Waals surface area (Å²) >= 11 is 0. The number of nitrogens with zero attached hydrogens (tertiary/aromatic N) is 3. The van der Waals surface area contributed by atoms with Gasteiger partial charge < -0.3 is 4.52 Å². The number of sulfonamides is 1. The zero-order valence-corrected chi connectivity index (χ0v) is 12.7. The van der Waals surface area contributed by atoms with Crippen LogP contribution >= 0.6 is 0 Å². The Morgan fingerprint density at radius 1 is 1.16 bits per heavy atom. The molecular formula is C12H21N3O3S. The van der Waals surface area contributed by atoms with Crippen LogP contribution in [0.5, 0.6) is 0 Å². The molecule has 0 radical (unpaired) electrons. The van der Waals surface area contributed by atoms with E-state index in [1.165, 1.54) is 4.31 Å². The molecule has 1 fully saturated rings. The Kier molecular flexibility index (Phi) is 3.98. The van der Waals surface area contributed by atoms with E-state index in [2.05, 4.69) is 23.9 Å². The maximum atomic E-state index is 12.6. The normalized spacial score (nSPS) is 19.2. The molecule has 1 aromatic rings. The van der Waals surface area contributed by atoms with Gasteiger partial charge in [-0.3, -0.25) is 4.90 Å². The number of aromatic nitrogens is 1. The molecule has 0 atom stereocenters. The number of hydrogen-bond acceptors (Lipinski definition) is 5. The number of piperazine rings is 1. The highest BCUT2D eigenvalue weighted by Crippen LogP contribution is 2.24. The smallest absolute Gasteiger partial charge is 0.248 e. The van der Waals surface area contributed by atoms with Gasteiger partial charge in [0.05, 0.1) is 0 Å². The lowest BCUT2D eigenvalue weighted by Gasteiger charge is -2.36. The fraction of sp³-hybridized carbons (Fsp3) is 0.750. The second kappa shape index (κ2) is 5.22. The molecule has 108 valence electrons. The molecule has 2 rings (SSSR count). The van der Waals surface area contributed by atoms with Crippen molar-refractivity contribution in [1.82, 2.24) is 14.4 Å². The Morgan fingerprint density at radius 2 is 1.74 bits per heavy atom. The topological polar surface area (TPSA) is 66.7 Å². The molecule has 1 aromatic heterocycles. The van der Waals surface area contributed by atoms with Crippen molar-refractivity contribution in [1.29, 1.82) is 0 Å². The summed E-state index contributed by atoms with van der Waals surface area (Å²) < 4.78 is 31.6. The quantitative estimate of drug-likeness (QED) is 0.830. The van der Waals surface area contributed by atoms with Gasteiger partial charge in [-0.25, -0.2) is 8.42 Å². The van der Waals surface area contributed by atoms with Crippen molar-refractivity contribution in [3.63, 3.8) is 0 Å². The van der Waals surface area contributed by atoms with E-state index in [0.717, 1.165) is 13.1 Å². The molecule has 0 bridgehead atoms. The summed E-state index contributed by atoms with van der Waals surface area (Å²) in [5, 5.41) is 3.73. The lowest BCUT2D eigenvalue weighted by Crippen LogP contribution is -2.50. The molecule has 0 unspecified atom stereocenters. The molecule has 0 aromatic carbocycles. The van der Waals surface area contributed by atoms with Gasteiger partial charge in [0.15, 0.2) is 5.76 Å². The highest BCUT2D eigenvalue weighted by Gasteiger charge is 2.33. The van der Waals surface area contributed by atoms with Gasteiger partial charge in [-0.05, 0) is 27.7 Å². The second-order valence-electron chi connectivity index (χ2n) is 5.19. The third-order valence-corrected chi connectivity index (χ3v) is 5.71. The van der Waals surface area contributed by atoms with Gasteiger partial charge in [-0.15, -0.1) is 0 Å². The third-order valence-electron chi connectivity index (χ3n) is 3.57. The molecule has 0 amide bonds. The van der Waals surface area contributed by atoms with E-state index in [4.69, 9.17) is 4.52 Å². The molecule has 2 heterocycles. The summed E-state index contributed by atoms with van der Waals surface area (Å²) in [5.74, 6) is 0.365. The van der Waals surface area contributed by atoms with E-state index in [0.29, 0.717) is 30.6 Å². The largest absolute Gasteiger partial charge is 0.360 e. The average molecular weight is 287 g/mol. The second-order valence-corrected chi connectivity index (χ2v) is 7.06. The summed E-state index contributed by atoms with van der Waals surface area (Å²) in [5.41, 5.74) is 0.434.